The highest BCUT2D eigenvalue weighted by Gasteiger charge is 2.37. The molecule has 0 unspecified atom stereocenters. The number of thioether (sulfide) groups is 1. The second-order valence-corrected chi connectivity index (χ2v) is 8.90. The minimum atomic E-state index is -3.49. The molecule has 0 aromatic heterocycles. The van der Waals surface area contributed by atoms with Gasteiger partial charge < -0.3 is 5.73 Å². The van der Waals surface area contributed by atoms with Gasteiger partial charge in [0.1, 0.15) is 0 Å². The van der Waals surface area contributed by atoms with Gasteiger partial charge in [-0.1, -0.05) is 12.5 Å². The lowest BCUT2D eigenvalue weighted by Gasteiger charge is -2.40. The van der Waals surface area contributed by atoms with Crippen molar-refractivity contribution in [1.29, 1.82) is 0 Å². The molecular weight excluding hydrogens is 360 g/mol. The van der Waals surface area contributed by atoms with Gasteiger partial charge in [0.15, 0.2) is 0 Å². The molecule has 1 aliphatic rings. The average Bonchev–Trinajstić information content (AvgIpc) is 2.37. The number of nitrogens with one attached hydrogen (secondary N) is 1. The Kier molecular flexibility index (Phi) is 5.18. The van der Waals surface area contributed by atoms with Gasteiger partial charge in [-0.05, 0) is 52.7 Å². The Hall–Kier alpha value is -0.0800. The van der Waals surface area contributed by atoms with Crippen molar-refractivity contribution in [3.63, 3.8) is 0 Å². The molecule has 4 nitrogen and oxygen atoms in total. The fourth-order valence-electron chi connectivity index (χ4n) is 2.22. The zero-order valence-corrected chi connectivity index (χ0v) is 14.6. The smallest absolute Gasteiger partial charge is 0.241 e. The third-order valence-corrected chi connectivity index (χ3v) is 7.60. The van der Waals surface area contributed by atoms with Crippen LogP contribution in [0.3, 0.4) is 0 Å². The molecule has 0 heterocycles. The topological polar surface area (TPSA) is 72.2 Å². The quantitative estimate of drug-likeness (QED) is 0.797. The lowest BCUT2D eigenvalue weighted by atomic mass is 9.84. The number of benzene rings is 1. The highest BCUT2D eigenvalue weighted by Crippen LogP contribution is 2.42. The van der Waals surface area contributed by atoms with E-state index in [0.29, 0.717) is 17.6 Å². The second-order valence-electron chi connectivity index (χ2n) is 5.03. The van der Waals surface area contributed by atoms with Crippen LogP contribution in [0.15, 0.2) is 27.6 Å². The van der Waals surface area contributed by atoms with Gasteiger partial charge in [0.05, 0.1) is 4.90 Å². The van der Waals surface area contributed by atoms with Crippen molar-refractivity contribution in [3.8, 4) is 0 Å². The monoisotopic (exact) mass is 378 g/mol. The minimum Gasteiger partial charge on any atom is -0.326 e. The van der Waals surface area contributed by atoms with E-state index in [1.165, 1.54) is 6.42 Å². The van der Waals surface area contributed by atoms with E-state index in [9.17, 15) is 8.42 Å². The van der Waals surface area contributed by atoms with Crippen LogP contribution in [0.4, 0.5) is 0 Å². The van der Waals surface area contributed by atoms with Crippen LogP contribution in [-0.4, -0.2) is 26.0 Å². The number of rotatable bonds is 6. The van der Waals surface area contributed by atoms with Crippen molar-refractivity contribution < 1.29 is 8.42 Å². The van der Waals surface area contributed by atoms with Crippen molar-refractivity contribution in [1.82, 2.24) is 4.72 Å². The molecule has 0 aliphatic heterocycles. The maximum Gasteiger partial charge on any atom is 0.241 e. The third kappa shape index (κ3) is 3.39. The van der Waals surface area contributed by atoms with E-state index >= 15 is 0 Å². The van der Waals surface area contributed by atoms with Gasteiger partial charge in [0, 0.05) is 22.3 Å². The van der Waals surface area contributed by atoms with Crippen molar-refractivity contribution >= 4 is 37.7 Å². The maximum absolute atomic E-state index is 12.4. The lowest BCUT2D eigenvalue weighted by molar-refractivity contribution is 0.362. The predicted molar refractivity (Wildman–Crippen MR) is 87.3 cm³/mol. The Morgan fingerprint density at radius 2 is 2.15 bits per heavy atom. The first-order valence-electron chi connectivity index (χ1n) is 6.46. The van der Waals surface area contributed by atoms with Crippen LogP contribution in [-0.2, 0) is 16.6 Å². The minimum absolute atomic E-state index is 0.0801. The summed E-state index contributed by atoms with van der Waals surface area (Å²) in [5.74, 6) is 0. The molecule has 1 fully saturated rings. The van der Waals surface area contributed by atoms with Crippen LogP contribution in [0, 0.1) is 0 Å². The van der Waals surface area contributed by atoms with Gasteiger partial charge in [-0.25, -0.2) is 13.1 Å². The summed E-state index contributed by atoms with van der Waals surface area (Å²) in [7, 11) is -3.49. The number of nitrogens with two attached hydrogens (primary N) is 1. The third-order valence-electron chi connectivity index (χ3n) is 3.80. The van der Waals surface area contributed by atoms with E-state index in [-0.39, 0.29) is 9.64 Å². The molecule has 1 aromatic rings. The molecule has 3 N–H and O–H groups in total. The van der Waals surface area contributed by atoms with Crippen LogP contribution in [0.1, 0.15) is 24.8 Å². The Balaban J connectivity index is 2.14. The van der Waals surface area contributed by atoms with Gasteiger partial charge in [-0.15, -0.1) is 0 Å². The van der Waals surface area contributed by atoms with E-state index in [1.807, 2.05) is 6.26 Å². The summed E-state index contributed by atoms with van der Waals surface area (Å²) in [6.45, 7) is 0.878. The molecule has 0 bridgehead atoms. The first-order chi connectivity index (χ1) is 9.42. The molecule has 1 aromatic carbocycles. The largest absolute Gasteiger partial charge is 0.326 e. The van der Waals surface area contributed by atoms with Crippen molar-refractivity contribution in [2.24, 2.45) is 5.73 Å². The molecule has 1 saturated carbocycles. The van der Waals surface area contributed by atoms with Crippen LogP contribution in [0.5, 0.6) is 0 Å². The van der Waals surface area contributed by atoms with E-state index in [4.69, 9.17) is 5.73 Å². The van der Waals surface area contributed by atoms with Gasteiger partial charge >= 0.3 is 0 Å². The molecule has 0 atom stereocenters. The standard InChI is InChI=1S/C13H19BrN2O2S2/c1-19-13(5-2-6-13)9-16-20(17,18)12-4-3-10(8-15)7-11(12)14/h3-4,7,16H,2,5-6,8-9,15H2,1H3. The highest BCUT2D eigenvalue weighted by molar-refractivity contribution is 9.10. The molecule has 0 amide bonds. The average molecular weight is 379 g/mol. The van der Waals surface area contributed by atoms with Crippen LogP contribution >= 0.6 is 27.7 Å². The first kappa shape index (κ1) is 16.3. The highest BCUT2D eigenvalue weighted by atomic mass is 79.9. The number of sulfonamides is 1. The lowest BCUT2D eigenvalue weighted by Crippen LogP contribution is -2.45. The first-order valence-corrected chi connectivity index (χ1v) is 9.96. The number of hydrogen-bond acceptors (Lipinski definition) is 4. The molecule has 112 valence electrons. The van der Waals surface area contributed by atoms with Gasteiger partial charge in [0.2, 0.25) is 10.0 Å². The normalized spacial score (nSPS) is 17.8. The van der Waals surface area contributed by atoms with Crippen molar-refractivity contribution in [2.45, 2.75) is 35.4 Å². The maximum atomic E-state index is 12.4. The summed E-state index contributed by atoms with van der Waals surface area (Å²) in [6.07, 6.45) is 5.37. The summed E-state index contributed by atoms with van der Waals surface area (Å²) < 4.78 is 28.1. The van der Waals surface area contributed by atoms with Crippen LogP contribution in [0.2, 0.25) is 0 Å². The Morgan fingerprint density at radius 1 is 1.45 bits per heavy atom. The number of halogens is 1. The molecule has 0 saturated heterocycles. The molecule has 1 aliphatic carbocycles. The summed E-state index contributed by atoms with van der Waals surface area (Å²) in [4.78, 5) is 0.269. The molecule has 7 heteroatoms. The fourth-order valence-corrected chi connectivity index (χ4v) is 5.47. The van der Waals surface area contributed by atoms with Crippen LogP contribution < -0.4 is 10.5 Å². The Bertz CT molecular complexity index is 581. The molecule has 2 rings (SSSR count). The predicted octanol–water partition coefficient (Wildman–Crippen LogP) is 2.47. The van der Waals surface area contributed by atoms with Crippen molar-refractivity contribution in [3.05, 3.63) is 28.2 Å². The number of hydrogen-bond donors (Lipinski definition) is 2. The summed E-state index contributed by atoms with van der Waals surface area (Å²) in [5, 5.41) is 0. The summed E-state index contributed by atoms with van der Waals surface area (Å²) in [5.41, 5.74) is 6.45. The zero-order chi connectivity index (χ0) is 14.8. The van der Waals surface area contributed by atoms with E-state index < -0.39 is 10.0 Å². The van der Waals surface area contributed by atoms with E-state index in [1.54, 1.807) is 30.0 Å². The molecule has 20 heavy (non-hydrogen) atoms. The second kappa shape index (κ2) is 6.36. The Morgan fingerprint density at radius 3 is 2.60 bits per heavy atom. The van der Waals surface area contributed by atoms with Crippen LogP contribution in [0.25, 0.3) is 0 Å². The van der Waals surface area contributed by atoms with E-state index in [2.05, 4.69) is 20.7 Å². The summed E-state index contributed by atoms with van der Waals surface area (Å²) >= 11 is 5.06. The van der Waals surface area contributed by atoms with Gasteiger partial charge in [-0.3, -0.25) is 0 Å². The van der Waals surface area contributed by atoms with Gasteiger partial charge in [0.25, 0.3) is 0 Å². The SMILES string of the molecule is CSC1(CNS(=O)(=O)c2ccc(CN)cc2Br)CCC1. The Labute approximate surface area is 133 Å². The van der Waals surface area contributed by atoms with E-state index in [0.717, 1.165) is 18.4 Å². The van der Waals surface area contributed by atoms with Gasteiger partial charge in [-0.2, -0.15) is 11.8 Å². The fraction of sp³-hybridized carbons (Fsp3) is 0.538. The molecule has 0 spiro atoms. The summed E-state index contributed by atoms with van der Waals surface area (Å²) in [6, 6.07) is 5.09. The zero-order valence-electron chi connectivity index (χ0n) is 11.4. The molecule has 0 radical (unpaired) electrons. The van der Waals surface area contributed by atoms with Crippen molar-refractivity contribution in [2.75, 3.05) is 12.8 Å². The molecular formula is C13H19BrN2O2S2.